The summed E-state index contributed by atoms with van der Waals surface area (Å²) >= 11 is 1.07. The van der Waals surface area contributed by atoms with Crippen molar-refractivity contribution in [2.24, 2.45) is 5.16 Å². The van der Waals surface area contributed by atoms with Crippen molar-refractivity contribution in [2.45, 2.75) is 37.2 Å². The van der Waals surface area contributed by atoms with Gasteiger partial charge in [-0.05, 0) is 69.2 Å². The van der Waals surface area contributed by atoms with Crippen LogP contribution in [-0.4, -0.2) is 18.9 Å². The third-order valence-corrected chi connectivity index (χ3v) is 4.66. The summed E-state index contributed by atoms with van der Waals surface area (Å²) in [5, 5.41) is 6.53. The van der Waals surface area contributed by atoms with E-state index >= 15 is 0 Å². The highest BCUT2D eigenvalue weighted by Crippen LogP contribution is 2.37. The highest BCUT2D eigenvalue weighted by molar-refractivity contribution is 7.94. The second-order valence-corrected chi connectivity index (χ2v) is 7.41. The Labute approximate surface area is 167 Å². The van der Waals surface area contributed by atoms with Gasteiger partial charge in [0, 0.05) is 11.8 Å². The normalized spacial score (nSPS) is 14.9. The van der Waals surface area contributed by atoms with Crippen molar-refractivity contribution in [1.82, 2.24) is 0 Å². The second kappa shape index (κ2) is 8.97. The zero-order valence-electron chi connectivity index (χ0n) is 15.6. The van der Waals surface area contributed by atoms with E-state index in [0.29, 0.717) is 18.8 Å². The summed E-state index contributed by atoms with van der Waals surface area (Å²) < 4.78 is 29.0. The Bertz CT molecular complexity index is 856. The van der Waals surface area contributed by atoms with Crippen molar-refractivity contribution in [1.29, 1.82) is 0 Å². The number of rotatable bonds is 8. The first-order chi connectivity index (χ1) is 13.4. The molecule has 0 fully saturated rings. The molecule has 0 spiro atoms. The number of hydrogen-bond acceptors (Lipinski definition) is 6. The number of amides is 1. The van der Waals surface area contributed by atoms with Gasteiger partial charge in [-0.15, -0.1) is 0 Å². The Morgan fingerprint density at radius 3 is 2.82 bits per heavy atom. The number of benzene rings is 2. The molecule has 1 aliphatic rings. The molecule has 28 heavy (non-hydrogen) atoms. The molecular weight excluding hydrogens is 383 g/mol. The van der Waals surface area contributed by atoms with Gasteiger partial charge in [-0.25, -0.2) is 9.18 Å². The molecule has 148 valence electrons. The summed E-state index contributed by atoms with van der Waals surface area (Å²) in [5.74, 6) is 0.430. The van der Waals surface area contributed by atoms with Crippen LogP contribution in [0, 0.1) is 5.82 Å². The van der Waals surface area contributed by atoms with E-state index in [9.17, 15) is 9.18 Å². The van der Waals surface area contributed by atoms with E-state index in [1.165, 1.54) is 12.1 Å². The number of anilines is 1. The number of halogens is 1. The molecule has 0 saturated carbocycles. The molecule has 3 rings (SSSR count). The monoisotopic (exact) mass is 404 g/mol. The predicted molar refractivity (Wildman–Crippen MR) is 106 cm³/mol. The number of ether oxygens (including phenoxy) is 2. The molecule has 8 heteroatoms. The molecule has 0 saturated heterocycles. The van der Waals surface area contributed by atoms with Crippen LogP contribution in [0.4, 0.5) is 14.9 Å². The molecule has 2 aromatic carbocycles. The van der Waals surface area contributed by atoms with Crippen LogP contribution in [0.1, 0.15) is 32.3 Å². The third-order valence-electron chi connectivity index (χ3n) is 4.04. The van der Waals surface area contributed by atoms with Crippen molar-refractivity contribution in [3.63, 3.8) is 0 Å². The molecule has 2 aromatic rings. The summed E-state index contributed by atoms with van der Waals surface area (Å²) in [7, 11) is 0. The molecule has 0 aliphatic carbocycles. The van der Waals surface area contributed by atoms with Crippen LogP contribution in [-0.2, 0) is 14.6 Å². The lowest BCUT2D eigenvalue weighted by Gasteiger charge is -2.32. The van der Waals surface area contributed by atoms with E-state index < -0.39 is 11.7 Å². The number of unbranched alkanes of at least 4 members (excludes halogenated alkanes) is 1. The maximum Gasteiger partial charge on any atom is 0.412 e. The van der Waals surface area contributed by atoms with Crippen molar-refractivity contribution < 1.29 is 22.9 Å². The first kappa shape index (κ1) is 20.0. The first-order valence-electron chi connectivity index (χ1n) is 8.82. The summed E-state index contributed by atoms with van der Waals surface area (Å²) in [6, 6.07) is 11.5. The number of hydrogen-bond donors (Lipinski definition) is 1. The Morgan fingerprint density at radius 2 is 2.04 bits per heavy atom. The summed E-state index contributed by atoms with van der Waals surface area (Å²) in [6.07, 6.45) is 2.67. The van der Waals surface area contributed by atoms with Crippen LogP contribution < -0.4 is 10.1 Å². The third kappa shape index (κ3) is 5.39. The molecule has 1 heterocycles. The zero-order chi connectivity index (χ0) is 20.0. The highest BCUT2D eigenvalue weighted by atomic mass is 32.2. The molecule has 0 unspecified atom stereocenters. The predicted octanol–water partition coefficient (Wildman–Crippen LogP) is 5.49. The lowest BCUT2D eigenvalue weighted by atomic mass is 9.94. The number of carbonyl (C=O) groups excluding carboxylic acids is 1. The fourth-order valence-corrected chi connectivity index (χ4v) is 3.08. The molecule has 0 aromatic heterocycles. The second-order valence-electron chi connectivity index (χ2n) is 6.62. The minimum atomic E-state index is -0.705. The van der Waals surface area contributed by atoms with Gasteiger partial charge in [0.1, 0.15) is 29.2 Å². The molecular formula is C20H21FN2O4S. The Morgan fingerprint density at radius 1 is 1.25 bits per heavy atom. The zero-order valence-corrected chi connectivity index (χ0v) is 16.4. The van der Waals surface area contributed by atoms with Crippen LogP contribution in [0.5, 0.6) is 5.75 Å². The number of fused-ring (bicyclic) bond motifs is 1. The largest absolute Gasteiger partial charge is 0.494 e. The smallest absolute Gasteiger partial charge is 0.412 e. The van der Waals surface area contributed by atoms with E-state index in [1.807, 2.05) is 32.0 Å². The summed E-state index contributed by atoms with van der Waals surface area (Å²) in [4.78, 5) is 12.3. The van der Waals surface area contributed by atoms with E-state index in [-0.39, 0.29) is 5.82 Å². The summed E-state index contributed by atoms with van der Waals surface area (Å²) in [6.45, 7) is 4.20. The van der Waals surface area contributed by atoms with Gasteiger partial charge in [-0.1, -0.05) is 5.16 Å². The van der Waals surface area contributed by atoms with Gasteiger partial charge in [-0.2, -0.15) is 0 Å². The van der Waals surface area contributed by atoms with E-state index in [0.717, 1.165) is 34.6 Å². The Kier molecular flexibility index (Phi) is 6.41. The minimum Gasteiger partial charge on any atom is -0.494 e. The van der Waals surface area contributed by atoms with Crippen LogP contribution in [0.15, 0.2) is 52.5 Å². The highest BCUT2D eigenvalue weighted by Gasteiger charge is 2.33. The van der Waals surface area contributed by atoms with E-state index in [4.69, 9.17) is 13.8 Å². The fraction of sp³-hybridized carbons (Fsp3) is 0.300. The number of cyclic esters (lactones) is 1. The molecule has 0 atom stereocenters. The van der Waals surface area contributed by atoms with E-state index in [1.54, 1.807) is 18.3 Å². The Hall–Kier alpha value is -2.74. The molecule has 1 amide bonds. The quantitative estimate of drug-likeness (QED) is 0.273. The van der Waals surface area contributed by atoms with Gasteiger partial charge in [0.2, 0.25) is 0 Å². The number of carbonyl (C=O) groups is 1. The lowest BCUT2D eigenvalue weighted by molar-refractivity contribution is 0.0418. The number of nitrogens with zero attached hydrogens (tertiary/aromatic N) is 1. The maximum atomic E-state index is 12.8. The topological polar surface area (TPSA) is 69.2 Å². The number of oxime groups is 1. The molecule has 1 aliphatic heterocycles. The minimum absolute atomic E-state index is 0.285. The van der Waals surface area contributed by atoms with Gasteiger partial charge in [-0.3, -0.25) is 5.32 Å². The van der Waals surface area contributed by atoms with Gasteiger partial charge in [0.15, 0.2) is 0 Å². The number of nitrogens with one attached hydrogen (secondary N) is 1. The standard InChI is InChI=1S/C20H21FN2O4S/c1-20(2)17-13-15(7-10-18(17)23-19(24)26-20)25-12-4-3-11-22-27-28-16-8-5-14(21)6-9-16/h5-11,13H,3-4,12H2,1-2H3,(H,23,24). The van der Waals surface area contributed by atoms with Crippen LogP contribution in [0.25, 0.3) is 0 Å². The van der Waals surface area contributed by atoms with Gasteiger partial charge in [0.05, 0.1) is 17.2 Å². The Balaban J connectivity index is 1.38. The van der Waals surface area contributed by atoms with E-state index in [2.05, 4.69) is 10.5 Å². The van der Waals surface area contributed by atoms with Crippen LogP contribution in [0.2, 0.25) is 0 Å². The van der Waals surface area contributed by atoms with Crippen molar-refractivity contribution in [3.05, 3.63) is 53.8 Å². The molecule has 0 radical (unpaired) electrons. The van der Waals surface area contributed by atoms with Gasteiger partial charge in [0.25, 0.3) is 0 Å². The SMILES string of the molecule is CC1(C)OC(=O)Nc2ccc(OCCCC=NOSc3ccc(F)cc3)cc21. The van der Waals surface area contributed by atoms with Crippen LogP contribution in [0.3, 0.4) is 0 Å². The van der Waals surface area contributed by atoms with Crippen molar-refractivity contribution in [2.75, 3.05) is 11.9 Å². The molecule has 6 nitrogen and oxygen atoms in total. The fourth-order valence-electron chi connectivity index (χ4n) is 2.64. The van der Waals surface area contributed by atoms with Gasteiger partial charge < -0.3 is 13.8 Å². The van der Waals surface area contributed by atoms with Crippen molar-refractivity contribution >= 4 is 30.0 Å². The average Bonchev–Trinajstić information content (AvgIpc) is 2.65. The molecule has 1 N–H and O–H groups in total. The molecule has 0 bridgehead atoms. The maximum absolute atomic E-state index is 12.8. The lowest BCUT2D eigenvalue weighted by Crippen LogP contribution is -2.34. The van der Waals surface area contributed by atoms with Crippen LogP contribution >= 0.6 is 12.0 Å². The van der Waals surface area contributed by atoms with Gasteiger partial charge >= 0.3 is 6.09 Å². The average molecular weight is 404 g/mol. The first-order valence-corrected chi connectivity index (χ1v) is 9.56. The summed E-state index contributed by atoms with van der Waals surface area (Å²) in [5.41, 5.74) is 0.900. The van der Waals surface area contributed by atoms with Crippen molar-refractivity contribution in [3.8, 4) is 5.75 Å².